The van der Waals surface area contributed by atoms with Crippen LogP contribution >= 0.6 is 0 Å². The number of hydrogen-bond acceptors (Lipinski definition) is 2. The van der Waals surface area contributed by atoms with Gasteiger partial charge in [0.2, 0.25) is 0 Å². The van der Waals surface area contributed by atoms with E-state index >= 15 is 0 Å². The molecule has 22 heavy (non-hydrogen) atoms. The average Bonchev–Trinajstić information content (AvgIpc) is 2.89. The Bertz CT molecular complexity index is 611. The fourth-order valence-electron chi connectivity index (χ4n) is 4.05. The van der Waals surface area contributed by atoms with E-state index in [1.807, 2.05) is 0 Å². The normalized spacial score (nSPS) is 24.0. The molecule has 2 nitrogen and oxygen atoms in total. The highest BCUT2D eigenvalue weighted by Gasteiger charge is 2.28. The Labute approximate surface area is 132 Å². The van der Waals surface area contributed by atoms with Gasteiger partial charge in [0.1, 0.15) is 0 Å². The molecule has 3 N–H and O–H groups in total. The molecular formula is C20H24N2. The van der Waals surface area contributed by atoms with Gasteiger partial charge in [-0.2, -0.15) is 0 Å². The van der Waals surface area contributed by atoms with Crippen molar-refractivity contribution in [3.8, 4) is 11.1 Å². The maximum atomic E-state index is 6.02. The number of rotatable bonds is 3. The summed E-state index contributed by atoms with van der Waals surface area (Å²) in [7, 11) is 0. The lowest BCUT2D eigenvalue weighted by Gasteiger charge is -2.28. The molecule has 0 saturated heterocycles. The third-order valence-corrected chi connectivity index (χ3v) is 5.34. The van der Waals surface area contributed by atoms with Gasteiger partial charge in [-0.15, -0.1) is 0 Å². The van der Waals surface area contributed by atoms with Crippen molar-refractivity contribution in [1.29, 1.82) is 0 Å². The molecule has 0 amide bonds. The molecule has 2 aliphatic rings. The van der Waals surface area contributed by atoms with Crippen molar-refractivity contribution in [3.05, 3.63) is 59.7 Å². The van der Waals surface area contributed by atoms with Crippen molar-refractivity contribution < 1.29 is 0 Å². The molecule has 2 aliphatic carbocycles. The van der Waals surface area contributed by atoms with Gasteiger partial charge in [-0.3, -0.25) is 0 Å². The van der Waals surface area contributed by atoms with E-state index in [-0.39, 0.29) is 0 Å². The molecule has 0 atom stereocenters. The molecule has 2 aromatic carbocycles. The van der Waals surface area contributed by atoms with Gasteiger partial charge in [-0.1, -0.05) is 48.5 Å². The first-order valence-corrected chi connectivity index (χ1v) is 8.50. The van der Waals surface area contributed by atoms with Gasteiger partial charge in [-0.25, -0.2) is 0 Å². The third-order valence-electron chi connectivity index (χ3n) is 5.34. The molecule has 0 aliphatic heterocycles. The van der Waals surface area contributed by atoms with E-state index in [9.17, 15) is 0 Å². The standard InChI is InChI=1S/C20H24N2/c21-15-11-9-14(10-12-15)13-22-20-18-7-3-1-5-16(18)17-6-2-4-8-19(17)20/h1-8,14-15,20,22H,9-13,21H2/t14-,15-. The summed E-state index contributed by atoms with van der Waals surface area (Å²) in [5.41, 5.74) is 11.7. The molecule has 2 aromatic rings. The Morgan fingerprint density at radius 3 is 1.95 bits per heavy atom. The molecule has 0 unspecified atom stereocenters. The fraction of sp³-hybridized carbons (Fsp3) is 0.400. The molecule has 1 fully saturated rings. The monoisotopic (exact) mass is 292 g/mol. The highest BCUT2D eigenvalue weighted by molar-refractivity contribution is 5.78. The molecule has 0 aromatic heterocycles. The zero-order valence-electron chi connectivity index (χ0n) is 13.0. The Kier molecular flexibility index (Phi) is 3.73. The van der Waals surface area contributed by atoms with E-state index in [4.69, 9.17) is 5.73 Å². The van der Waals surface area contributed by atoms with E-state index in [0.717, 1.165) is 12.5 Å². The summed E-state index contributed by atoms with van der Waals surface area (Å²) in [4.78, 5) is 0. The summed E-state index contributed by atoms with van der Waals surface area (Å²) in [6.45, 7) is 1.10. The minimum atomic E-state index is 0.350. The van der Waals surface area contributed by atoms with E-state index < -0.39 is 0 Å². The minimum Gasteiger partial charge on any atom is -0.328 e. The van der Waals surface area contributed by atoms with Crippen LogP contribution < -0.4 is 11.1 Å². The largest absolute Gasteiger partial charge is 0.328 e. The molecule has 0 bridgehead atoms. The number of nitrogens with one attached hydrogen (secondary N) is 1. The third kappa shape index (κ3) is 2.47. The Hall–Kier alpha value is -1.64. The molecule has 114 valence electrons. The zero-order valence-corrected chi connectivity index (χ0v) is 13.0. The van der Waals surface area contributed by atoms with Gasteiger partial charge in [0, 0.05) is 6.04 Å². The SMILES string of the molecule is N[C@H]1CC[C@H](CNC2c3ccccc3-c3ccccc32)CC1. The Morgan fingerprint density at radius 2 is 1.36 bits per heavy atom. The number of fused-ring (bicyclic) bond motifs is 3. The summed E-state index contributed by atoms with van der Waals surface area (Å²) in [5.74, 6) is 0.778. The van der Waals surface area contributed by atoms with Crippen LogP contribution in [0.3, 0.4) is 0 Å². The van der Waals surface area contributed by atoms with Crippen LogP contribution in [0, 0.1) is 5.92 Å². The minimum absolute atomic E-state index is 0.350. The van der Waals surface area contributed by atoms with Crippen LogP contribution in [0.2, 0.25) is 0 Å². The zero-order chi connectivity index (χ0) is 14.9. The Morgan fingerprint density at radius 1 is 0.818 bits per heavy atom. The summed E-state index contributed by atoms with van der Waals surface area (Å²) >= 11 is 0. The van der Waals surface area contributed by atoms with Gasteiger partial charge in [0.15, 0.2) is 0 Å². The second-order valence-corrected chi connectivity index (χ2v) is 6.80. The first-order chi connectivity index (χ1) is 10.8. The van der Waals surface area contributed by atoms with Crippen LogP contribution in [0.4, 0.5) is 0 Å². The van der Waals surface area contributed by atoms with Gasteiger partial charge >= 0.3 is 0 Å². The lowest BCUT2D eigenvalue weighted by molar-refractivity contribution is 0.309. The molecule has 1 saturated carbocycles. The predicted octanol–water partition coefficient (Wildman–Crippen LogP) is 3.86. The van der Waals surface area contributed by atoms with Crippen molar-refractivity contribution in [3.63, 3.8) is 0 Å². The average molecular weight is 292 g/mol. The van der Waals surface area contributed by atoms with Crippen LogP contribution in [-0.2, 0) is 0 Å². The second-order valence-electron chi connectivity index (χ2n) is 6.80. The van der Waals surface area contributed by atoms with Crippen LogP contribution in [0.25, 0.3) is 11.1 Å². The highest BCUT2D eigenvalue weighted by atomic mass is 14.9. The van der Waals surface area contributed by atoms with Gasteiger partial charge in [-0.05, 0) is 60.4 Å². The lowest BCUT2D eigenvalue weighted by atomic mass is 9.86. The summed E-state index contributed by atoms with van der Waals surface area (Å²) in [6, 6.07) is 18.4. The highest BCUT2D eigenvalue weighted by Crippen LogP contribution is 2.43. The van der Waals surface area contributed by atoms with E-state index in [2.05, 4.69) is 53.8 Å². The van der Waals surface area contributed by atoms with Gasteiger partial charge in [0.05, 0.1) is 6.04 Å². The molecule has 4 rings (SSSR count). The van der Waals surface area contributed by atoms with Crippen molar-refractivity contribution in [2.24, 2.45) is 11.7 Å². The van der Waals surface area contributed by atoms with Gasteiger partial charge in [0.25, 0.3) is 0 Å². The first-order valence-electron chi connectivity index (χ1n) is 8.50. The summed E-state index contributed by atoms with van der Waals surface area (Å²) in [6.07, 6.45) is 4.91. The van der Waals surface area contributed by atoms with E-state index in [0.29, 0.717) is 12.1 Å². The van der Waals surface area contributed by atoms with Crippen molar-refractivity contribution >= 4 is 0 Å². The van der Waals surface area contributed by atoms with E-state index in [1.165, 1.54) is 47.9 Å². The fourth-order valence-corrected chi connectivity index (χ4v) is 4.05. The maximum absolute atomic E-state index is 6.02. The molecule has 2 heteroatoms. The Balaban J connectivity index is 1.54. The smallest absolute Gasteiger partial charge is 0.0589 e. The van der Waals surface area contributed by atoms with Crippen LogP contribution in [0.15, 0.2) is 48.5 Å². The molecule has 0 heterocycles. The molecular weight excluding hydrogens is 268 g/mol. The first kappa shape index (κ1) is 14.0. The molecule has 0 radical (unpaired) electrons. The van der Waals surface area contributed by atoms with E-state index in [1.54, 1.807) is 0 Å². The summed E-state index contributed by atoms with van der Waals surface area (Å²) < 4.78 is 0. The molecule has 0 spiro atoms. The van der Waals surface area contributed by atoms with Crippen LogP contribution in [-0.4, -0.2) is 12.6 Å². The lowest BCUT2D eigenvalue weighted by Crippen LogP contribution is -2.33. The number of benzene rings is 2. The van der Waals surface area contributed by atoms with Crippen molar-refractivity contribution in [2.45, 2.75) is 37.8 Å². The van der Waals surface area contributed by atoms with Gasteiger partial charge < -0.3 is 11.1 Å². The number of nitrogens with two attached hydrogens (primary N) is 1. The topological polar surface area (TPSA) is 38.0 Å². The summed E-state index contributed by atoms with van der Waals surface area (Å²) in [5, 5.41) is 3.84. The maximum Gasteiger partial charge on any atom is 0.0589 e. The number of hydrogen-bond donors (Lipinski definition) is 2. The van der Waals surface area contributed by atoms with Crippen LogP contribution in [0.1, 0.15) is 42.9 Å². The predicted molar refractivity (Wildman–Crippen MR) is 91.7 cm³/mol. The van der Waals surface area contributed by atoms with Crippen molar-refractivity contribution in [1.82, 2.24) is 5.32 Å². The quantitative estimate of drug-likeness (QED) is 0.901. The van der Waals surface area contributed by atoms with Crippen LogP contribution in [0.5, 0.6) is 0 Å². The van der Waals surface area contributed by atoms with Crippen molar-refractivity contribution in [2.75, 3.05) is 6.54 Å². The second kappa shape index (κ2) is 5.86.